The topological polar surface area (TPSA) is 87.3 Å². The Balaban J connectivity index is 1.40. The summed E-state index contributed by atoms with van der Waals surface area (Å²) in [5, 5.41) is 13.0. The van der Waals surface area contributed by atoms with Crippen LogP contribution in [0.1, 0.15) is 64.4 Å². The fraction of sp³-hybridized carbons (Fsp3) is 0.379. The number of carbonyl (C=O) groups excluding carboxylic acids is 1. The summed E-state index contributed by atoms with van der Waals surface area (Å²) in [6.45, 7) is 4.32. The quantitative estimate of drug-likeness (QED) is 0.411. The molecule has 0 N–H and O–H groups in total. The lowest BCUT2D eigenvalue weighted by Crippen LogP contribution is -2.41. The van der Waals surface area contributed by atoms with E-state index < -0.39 is 0 Å². The maximum absolute atomic E-state index is 14.0. The Bertz CT molecular complexity index is 1460. The minimum absolute atomic E-state index is 0.0158. The van der Waals surface area contributed by atoms with Gasteiger partial charge in [0.05, 0.1) is 24.5 Å². The third kappa shape index (κ3) is 4.76. The number of hydrogen-bond acceptors (Lipinski definition) is 6. The Hall–Kier alpha value is -4.14. The number of aromatic nitrogens is 5. The third-order valence-corrected chi connectivity index (χ3v) is 7.21. The van der Waals surface area contributed by atoms with Gasteiger partial charge in [-0.1, -0.05) is 36.8 Å². The average Bonchev–Trinajstić information content (AvgIpc) is 3.54. The Morgan fingerprint density at radius 2 is 1.97 bits per heavy atom. The molecule has 0 spiro atoms. The number of carbonyl (C=O) groups is 1. The molecule has 9 nitrogen and oxygen atoms in total. The van der Waals surface area contributed by atoms with Crippen molar-refractivity contribution in [2.24, 2.45) is 7.05 Å². The molecule has 0 radical (unpaired) electrons. The van der Waals surface area contributed by atoms with Gasteiger partial charge in [-0.3, -0.25) is 14.2 Å². The molecule has 9 heteroatoms. The number of nitrogens with zero attached hydrogens (tertiary/aromatic N) is 6. The summed E-state index contributed by atoms with van der Waals surface area (Å²) < 4.78 is 15.7. The molecular weight excluding hydrogens is 480 g/mol. The van der Waals surface area contributed by atoms with Gasteiger partial charge >= 0.3 is 0 Å². The summed E-state index contributed by atoms with van der Waals surface area (Å²) in [5.74, 6) is 1.56. The zero-order valence-electron chi connectivity index (χ0n) is 21.8. The molecule has 3 aliphatic rings. The number of hydrogen-bond donors (Lipinski definition) is 0. The number of ether oxygens (including phenoxy) is 2. The molecular formula is C29H32N6O3. The van der Waals surface area contributed by atoms with Crippen molar-refractivity contribution >= 4 is 5.91 Å². The van der Waals surface area contributed by atoms with E-state index in [2.05, 4.69) is 46.6 Å². The molecule has 2 aromatic heterocycles. The minimum Gasteiger partial charge on any atom is -0.494 e. The maximum atomic E-state index is 14.0. The first-order valence-corrected chi connectivity index (χ1v) is 13.3. The fourth-order valence-corrected chi connectivity index (χ4v) is 5.39. The molecule has 5 heterocycles. The van der Waals surface area contributed by atoms with E-state index in [1.165, 1.54) is 5.56 Å². The van der Waals surface area contributed by atoms with Crippen LogP contribution in [0.2, 0.25) is 0 Å². The second kappa shape index (κ2) is 10.3. The summed E-state index contributed by atoms with van der Waals surface area (Å²) in [6.07, 6.45) is 5.29. The van der Waals surface area contributed by atoms with Crippen molar-refractivity contribution in [2.75, 3.05) is 13.2 Å². The van der Waals surface area contributed by atoms with Crippen LogP contribution in [-0.2, 0) is 33.0 Å². The summed E-state index contributed by atoms with van der Waals surface area (Å²) in [5.41, 5.74) is 5.63. The molecule has 38 heavy (non-hydrogen) atoms. The van der Waals surface area contributed by atoms with Gasteiger partial charge in [-0.2, -0.15) is 5.10 Å². The number of benzene rings is 2. The molecule has 3 aliphatic heterocycles. The van der Waals surface area contributed by atoms with E-state index in [4.69, 9.17) is 9.47 Å². The van der Waals surface area contributed by atoms with E-state index in [9.17, 15) is 4.79 Å². The summed E-state index contributed by atoms with van der Waals surface area (Å²) >= 11 is 0. The molecule has 0 aliphatic carbocycles. The first-order chi connectivity index (χ1) is 18.6. The van der Waals surface area contributed by atoms with Crippen molar-refractivity contribution in [3.63, 3.8) is 0 Å². The number of aryl methyl sites for hydroxylation is 3. The molecule has 196 valence electrons. The maximum Gasteiger partial charge on any atom is 0.272 e. The van der Waals surface area contributed by atoms with E-state index in [0.29, 0.717) is 32.0 Å². The first kappa shape index (κ1) is 24.2. The van der Waals surface area contributed by atoms with Gasteiger partial charge in [0.2, 0.25) is 0 Å². The predicted octanol–water partition coefficient (Wildman–Crippen LogP) is 4.11. The molecule has 7 rings (SSSR count). The van der Waals surface area contributed by atoms with E-state index in [0.717, 1.165) is 59.7 Å². The van der Waals surface area contributed by atoms with Crippen molar-refractivity contribution in [1.29, 1.82) is 0 Å². The Labute approximate surface area is 222 Å². The summed E-state index contributed by atoms with van der Waals surface area (Å²) in [4.78, 5) is 16.0. The monoisotopic (exact) mass is 512 g/mol. The van der Waals surface area contributed by atoms with E-state index in [1.54, 1.807) is 4.68 Å². The van der Waals surface area contributed by atoms with Gasteiger partial charge in [-0.05, 0) is 59.9 Å². The molecule has 1 unspecified atom stereocenters. The van der Waals surface area contributed by atoms with Crippen molar-refractivity contribution < 1.29 is 14.3 Å². The van der Waals surface area contributed by atoms with Crippen LogP contribution in [0.4, 0.5) is 0 Å². The highest BCUT2D eigenvalue weighted by Crippen LogP contribution is 2.39. The highest BCUT2D eigenvalue weighted by Gasteiger charge is 2.34. The Kier molecular flexibility index (Phi) is 6.57. The average molecular weight is 513 g/mol. The fourth-order valence-electron chi connectivity index (χ4n) is 5.39. The largest absolute Gasteiger partial charge is 0.494 e. The molecule has 1 amide bonds. The lowest BCUT2D eigenvalue weighted by Gasteiger charge is -2.38. The molecule has 0 fully saturated rings. The van der Waals surface area contributed by atoms with Crippen LogP contribution < -0.4 is 9.47 Å². The third-order valence-electron chi connectivity index (χ3n) is 7.21. The predicted molar refractivity (Wildman–Crippen MR) is 141 cm³/mol. The van der Waals surface area contributed by atoms with Crippen LogP contribution in [0.25, 0.3) is 0 Å². The number of fused-ring (bicyclic) bond motifs is 5. The SMILES string of the molecule is CCCc1cc(C(=O)N2CCc3cc4ccc3C2c2cccc(c2)OCCCn2cc(nn2)CO4)n(C)n1. The van der Waals surface area contributed by atoms with Crippen LogP contribution in [0.5, 0.6) is 11.5 Å². The van der Waals surface area contributed by atoms with Crippen molar-refractivity contribution in [2.45, 2.75) is 51.8 Å². The summed E-state index contributed by atoms with van der Waals surface area (Å²) in [7, 11) is 1.85. The number of rotatable bonds is 3. The van der Waals surface area contributed by atoms with Gasteiger partial charge in [0.15, 0.2) is 0 Å². The molecule has 4 aromatic rings. The molecule has 1 atom stereocenters. The first-order valence-electron chi connectivity index (χ1n) is 13.3. The number of amides is 1. The van der Waals surface area contributed by atoms with Crippen molar-refractivity contribution in [3.05, 3.63) is 88.5 Å². The van der Waals surface area contributed by atoms with E-state index in [-0.39, 0.29) is 11.9 Å². The highest BCUT2D eigenvalue weighted by atomic mass is 16.5. The van der Waals surface area contributed by atoms with Crippen LogP contribution in [0.15, 0.2) is 54.7 Å². The van der Waals surface area contributed by atoms with Crippen molar-refractivity contribution in [3.8, 4) is 11.5 Å². The summed E-state index contributed by atoms with van der Waals surface area (Å²) in [6, 6.07) is 16.0. The van der Waals surface area contributed by atoms with Gasteiger partial charge in [-0.15, -0.1) is 5.10 Å². The minimum atomic E-state index is -0.248. The van der Waals surface area contributed by atoms with Gasteiger partial charge in [0.1, 0.15) is 29.5 Å². The zero-order valence-corrected chi connectivity index (χ0v) is 21.8. The highest BCUT2D eigenvalue weighted by molar-refractivity contribution is 5.93. The molecule has 2 aromatic carbocycles. The van der Waals surface area contributed by atoms with Crippen LogP contribution in [0.3, 0.4) is 0 Å². The standard InChI is InChI=1S/C29H32N6O3/c1-3-6-22-17-27(33(2)31-22)29(36)35-13-11-20-15-25-9-10-26(20)28(35)21-7-4-8-24(16-21)37-14-5-12-34-18-23(19-38-25)30-32-34/h4,7-10,15-18,28H,3,5-6,11-14,19H2,1-2H3. The lowest BCUT2D eigenvalue weighted by molar-refractivity contribution is 0.0683. The van der Waals surface area contributed by atoms with E-state index in [1.807, 2.05) is 47.1 Å². The second-order valence-electron chi connectivity index (χ2n) is 9.94. The lowest BCUT2D eigenvalue weighted by atomic mass is 9.87. The van der Waals surface area contributed by atoms with Gasteiger partial charge in [-0.25, -0.2) is 0 Å². The van der Waals surface area contributed by atoms with Crippen LogP contribution >= 0.6 is 0 Å². The second-order valence-corrected chi connectivity index (χ2v) is 9.94. The molecule has 0 saturated carbocycles. The van der Waals surface area contributed by atoms with Crippen LogP contribution in [0, 0.1) is 0 Å². The van der Waals surface area contributed by atoms with E-state index >= 15 is 0 Å². The van der Waals surface area contributed by atoms with Gasteiger partial charge in [0, 0.05) is 26.6 Å². The Morgan fingerprint density at radius 3 is 2.87 bits per heavy atom. The van der Waals surface area contributed by atoms with Gasteiger partial charge in [0.25, 0.3) is 5.91 Å². The van der Waals surface area contributed by atoms with Gasteiger partial charge < -0.3 is 14.4 Å². The smallest absolute Gasteiger partial charge is 0.272 e. The zero-order chi connectivity index (χ0) is 26.1. The normalized spacial score (nSPS) is 17.0. The Morgan fingerprint density at radius 1 is 1.08 bits per heavy atom. The van der Waals surface area contributed by atoms with Crippen molar-refractivity contribution in [1.82, 2.24) is 29.7 Å². The molecule has 0 saturated heterocycles. The molecule has 8 bridgehead atoms. The van der Waals surface area contributed by atoms with Crippen LogP contribution in [-0.4, -0.2) is 48.7 Å².